The number of nitrogens with zero attached hydrogens (tertiary/aromatic N) is 1. The Morgan fingerprint density at radius 1 is 1.13 bits per heavy atom. The highest BCUT2D eigenvalue weighted by molar-refractivity contribution is 6.35. The number of hydrogen-bond acceptors (Lipinski definition) is 3. The molecule has 0 bridgehead atoms. The van der Waals surface area contributed by atoms with E-state index >= 15 is 0 Å². The monoisotopic (exact) mass is 221 g/mol. The third-order valence-electron chi connectivity index (χ3n) is 2.35. The Balaban J connectivity index is 2.31. The van der Waals surface area contributed by atoms with Crippen LogP contribution in [0.25, 0.3) is 10.9 Å². The minimum atomic E-state index is 0.580. The Kier molecular flexibility index (Phi) is 1.92. The van der Waals surface area contributed by atoms with E-state index in [0.717, 1.165) is 22.4 Å². The first-order valence-electron chi connectivity index (χ1n) is 4.68. The number of ether oxygens (including phenoxy) is 2. The van der Waals surface area contributed by atoms with E-state index in [2.05, 4.69) is 4.98 Å². The molecule has 0 N–H and O–H groups in total. The maximum Gasteiger partial charge on any atom is 0.163 e. The first-order chi connectivity index (χ1) is 7.34. The molecule has 0 aliphatic carbocycles. The second-order valence-corrected chi connectivity index (χ2v) is 3.71. The van der Waals surface area contributed by atoms with E-state index < -0.39 is 0 Å². The summed E-state index contributed by atoms with van der Waals surface area (Å²) in [6, 6.07) is 5.49. The highest BCUT2D eigenvalue weighted by atomic mass is 35.5. The van der Waals surface area contributed by atoms with Crippen molar-refractivity contribution in [3.8, 4) is 11.5 Å². The van der Waals surface area contributed by atoms with Gasteiger partial charge in [-0.15, -0.1) is 0 Å². The van der Waals surface area contributed by atoms with Crippen LogP contribution in [0.2, 0.25) is 5.02 Å². The molecule has 0 unspecified atom stereocenters. The van der Waals surface area contributed by atoms with E-state index in [9.17, 15) is 0 Å². The average molecular weight is 222 g/mol. The second kappa shape index (κ2) is 3.28. The number of hydrogen-bond donors (Lipinski definition) is 0. The van der Waals surface area contributed by atoms with Crippen molar-refractivity contribution in [1.82, 2.24) is 4.98 Å². The number of benzene rings is 1. The SMILES string of the molecule is Clc1ccnc2cc3c(cc12)OCCO3. The van der Waals surface area contributed by atoms with Gasteiger partial charge in [-0.3, -0.25) is 4.98 Å². The summed E-state index contributed by atoms with van der Waals surface area (Å²) in [7, 11) is 0. The number of fused-ring (bicyclic) bond motifs is 2. The lowest BCUT2D eigenvalue weighted by Gasteiger charge is -2.18. The van der Waals surface area contributed by atoms with Gasteiger partial charge in [-0.05, 0) is 12.1 Å². The Hall–Kier alpha value is -1.48. The van der Waals surface area contributed by atoms with E-state index in [0.29, 0.717) is 18.2 Å². The molecule has 0 atom stereocenters. The zero-order chi connectivity index (χ0) is 10.3. The van der Waals surface area contributed by atoms with Crippen molar-refractivity contribution in [3.63, 3.8) is 0 Å². The van der Waals surface area contributed by atoms with Gasteiger partial charge >= 0.3 is 0 Å². The Labute approximate surface area is 91.6 Å². The third kappa shape index (κ3) is 1.39. The van der Waals surface area contributed by atoms with Gasteiger partial charge in [0.1, 0.15) is 13.2 Å². The fraction of sp³-hybridized carbons (Fsp3) is 0.182. The van der Waals surface area contributed by atoms with Gasteiger partial charge in [0, 0.05) is 17.6 Å². The van der Waals surface area contributed by atoms with Crippen LogP contribution < -0.4 is 9.47 Å². The zero-order valence-corrected chi connectivity index (χ0v) is 8.62. The van der Waals surface area contributed by atoms with Crippen LogP contribution in [0.5, 0.6) is 11.5 Å². The van der Waals surface area contributed by atoms with E-state index in [-0.39, 0.29) is 0 Å². The summed E-state index contributed by atoms with van der Waals surface area (Å²) in [5.74, 6) is 1.48. The number of pyridine rings is 1. The molecular formula is C11H8ClNO2. The van der Waals surface area contributed by atoms with Gasteiger partial charge in [-0.25, -0.2) is 0 Å². The summed E-state index contributed by atoms with van der Waals surface area (Å²) in [6.45, 7) is 1.16. The predicted molar refractivity (Wildman–Crippen MR) is 57.7 cm³/mol. The molecule has 0 saturated heterocycles. The van der Waals surface area contributed by atoms with Gasteiger partial charge in [-0.1, -0.05) is 11.6 Å². The molecule has 3 rings (SSSR count). The third-order valence-corrected chi connectivity index (χ3v) is 2.68. The summed E-state index contributed by atoms with van der Waals surface area (Å²) in [5, 5.41) is 1.57. The summed E-state index contributed by atoms with van der Waals surface area (Å²) in [4.78, 5) is 4.23. The van der Waals surface area contributed by atoms with Crippen molar-refractivity contribution in [2.75, 3.05) is 13.2 Å². The largest absolute Gasteiger partial charge is 0.486 e. The molecule has 1 aromatic heterocycles. The van der Waals surface area contributed by atoms with Crippen molar-refractivity contribution >= 4 is 22.5 Å². The van der Waals surface area contributed by atoms with Crippen LogP contribution in [0, 0.1) is 0 Å². The van der Waals surface area contributed by atoms with E-state index in [4.69, 9.17) is 21.1 Å². The van der Waals surface area contributed by atoms with E-state index in [1.807, 2.05) is 12.1 Å². The lowest BCUT2D eigenvalue weighted by atomic mass is 10.2. The Morgan fingerprint density at radius 2 is 1.87 bits per heavy atom. The van der Waals surface area contributed by atoms with Gasteiger partial charge in [0.15, 0.2) is 11.5 Å². The summed E-state index contributed by atoms with van der Waals surface area (Å²) < 4.78 is 10.9. The van der Waals surface area contributed by atoms with Crippen molar-refractivity contribution in [3.05, 3.63) is 29.4 Å². The summed E-state index contributed by atoms with van der Waals surface area (Å²) >= 11 is 6.06. The molecule has 0 radical (unpaired) electrons. The number of halogens is 1. The molecule has 2 aromatic rings. The first kappa shape index (κ1) is 8.80. The molecule has 1 aromatic carbocycles. The first-order valence-corrected chi connectivity index (χ1v) is 5.06. The number of aromatic nitrogens is 1. The predicted octanol–water partition coefficient (Wildman–Crippen LogP) is 2.66. The maximum atomic E-state index is 6.06. The number of rotatable bonds is 0. The molecule has 0 saturated carbocycles. The summed E-state index contributed by atoms with van der Waals surface area (Å²) in [6.07, 6.45) is 1.68. The molecule has 76 valence electrons. The topological polar surface area (TPSA) is 31.4 Å². The van der Waals surface area contributed by atoms with Crippen LogP contribution in [0.4, 0.5) is 0 Å². The lowest BCUT2D eigenvalue weighted by Crippen LogP contribution is -2.15. The van der Waals surface area contributed by atoms with Gasteiger partial charge in [0.25, 0.3) is 0 Å². The van der Waals surface area contributed by atoms with Crippen LogP contribution >= 0.6 is 11.6 Å². The Morgan fingerprint density at radius 3 is 2.67 bits per heavy atom. The van der Waals surface area contributed by atoms with Crippen LogP contribution in [-0.2, 0) is 0 Å². The smallest absolute Gasteiger partial charge is 0.163 e. The van der Waals surface area contributed by atoms with Crippen molar-refractivity contribution in [1.29, 1.82) is 0 Å². The van der Waals surface area contributed by atoms with Gasteiger partial charge < -0.3 is 9.47 Å². The van der Waals surface area contributed by atoms with Crippen molar-refractivity contribution in [2.45, 2.75) is 0 Å². The molecule has 3 nitrogen and oxygen atoms in total. The minimum Gasteiger partial charge on any atom is -0.486 e. The van der Waals surface area contributed by atoms with Gasteiger partial charge in [0.05, 0.1) is 10.5 Å². The molecule has 1 aliphatic heterocycles. The second-order valence-electron chi connectivity index (χ2n) is 3.31. The van der Waals surface area contributed by atoms with Crippen LogP contribution in [0.15, 0.2) is 24.4 Å². The standard InChI is InChI=1S/C11H8ClNO2/c12-8-1-2-13-9-6-11-10(5-7(8)9)14-3-4-15-11/h1-2,5-6H,3-4H2. The van der Waals surface area contributed by atoms with E-state index in [1.54, 1.807) is 12.3 Å². The molecule has 2 heterocycles. The molecule has 0 amide bonds. The average Bonchev–Trinajstić information content (AvgIpc) is 2.27. The molecule has 15 heavy (non-hydrogen) atoms. The van der Waals surface area contributed by atoms with Gasteiger partial charge in [-0.2, -0.15) is 0 Å². The van der Waals surface area contributed by atoms with Gasteiger partial charge in [0.2, 0.25) is 0 Å². The fourth-order valence-electron chi connectivity index (χ4n) is 1.65. The molecule has 4 heteroatoms. The highest BCUT2D eigenvalue weighted by Crippen LogP contribution is 2.35. The minimum absolute atomic E-state index is 0.580. The normalized spacial score (nSPS) is 14.2. The molecular weight excluding hydrogens is 214 g/mol. The lowest BCUT2D eigenvalue weighted by molar-refractivity contribution is 0.172. The van der Waals surface area contributed by atoms with Crippen LogP contribution in [-0.4, -0.2) is 18.2 Å². The van der Waals surface area contributed by atoms with Crippen molar-refractivity contribution < 1.29 is 9.47 Å². The highest BCUT2D eigenvalue weighted by Gasteiger charge is 2.13. The zero-order valence-electron chi connectivity index (χ0n) is 7.87. The van der Waals surface area contributed by atoms with Crippen LogP contribution in [0.3, 0.4) is 0 Å². The summed E-state index contributed by atoms with van der Waals surface area (Å²) in [5.41, 5.74) is 0.826. The van der Waals surface area contributed by atoms with Crippen LogP contribution in [0.1, 0.15) is 0 Å². The Bertz CT molecular complexity index is 527. The molecule has 1 aliphatic rings. The van der Waals surface area contributed by atoms with Crippen molar-refractivity contribution in [2.24, 2.45) is 0 Å². The molecule has 0 fully saturated rings. The van der Waals surface area contributed by atoms with E-state index in [1.165, 1.54) is 0 Å². The quantitative estimate of drug-likeness (QED) is 0.686. The fourth-order valence-corrected chi connectivity index (χ4v) is 1.86. The molecule has 0 spiro atoms. The maximum absolute atomic E-state index is 6.06.